The molecule has 0 unspecified atom stereocenters. The summed E-state index contributed by atoms with van der Waals surface area (Å²) in [7, 11) is 0. The molecule has 0 aliphatic rings. The molecule has 0 aliphatic heterocycles. The number of rotatable bonds is 4. The Morgan fingerprint density at radius 3 is 2.80 bits per heavy atom. The number of hydrogen-bond acceptors (Lipinski definition) is 3. The van der Waals surface area contributed by atoms with Crippen LogP contribution in [0.3, 0.4) is 0 Å². The van der Waals surface area contributed by atoms with Crippen molar-refractivity contribution >= 4 is 11.2 Å². The van der Waals surface area contributed by atoms with Crippen molar-refractivity contribution in [3.05, 3.63) is 47.3 Å². The highest BCUT2D eigenvalue weighted by molar-refractivity contribution is 5.78. The van der Waals surface area contributed by atoms with Crippen LogP contribution in [0.15, 0.2) is 41.6 Å². The van der Waals surface area contributed by atoms with E-state index in [0.29, 0.717) is 5.65 Å². The molecule has 0 saturated carbocycles. The SMILES string of the molecule is CCCCn1c(=O)[nH]c2ncc(-c3ccncc3)cc21. The highest BCUT2D eigenvalue weighted by Gasteiger charge is 2.09. The molecular formula is C15H16N4O. The highest BCUT2D eigenvalue weighted by Crippen LogP contribution is 2.20. The maximum atomic E-state index is 11.9. The smallest absolute Gasteiger partial charge is 0.290 e. The van der Waals surface area contributed by atoms with Gasteiger partial charge in [-0.3, -0.25) is 14.5 Å². The lowest BCUT2D eigenvalue weighted by atomic mass is 10.1. The number of aryl methyl sites for hydroxylation is 1. The normalized spacial score (nSPS) is 11.1. The first kappa shape index (κ1) is 12.6. The van der Waals surface area contributed by atoms with Crippen molar-refractivity contribution in [1.29, 1.82) is 0 Å². The number of nitrogens with zero attached hydrogens (tertiary/aromatic N) is 3. The summed E-state index contributed by atoms with van der Waals surface area (Å²) >= 11 is 0. The summed E-state index contributed by atoms with van der Waals surface area (Å²) in [6.07, 6.45) is 7.31. The second-order valence-electron chi connectivity index (χ2n) is 4.76. The molecule has 0 fully saturated rings. The van der Waals surface area contributed by atoms with Gasteiger partial charge in [-0.2, -0.15) is 0 Å². The summed E-state index contributed by atoms with van der Waals surface area (Å²) in [4.78, 5) is 23.1. The third kappa shape index (κ3) is 2.22. The predicted octanol–water partition coefficient (Wildman–Crippen LogP) is 2.59. The Bertz CT molecular complexity index is 773. The number of nitrogens with one attached hydrogen (secondary N) is 1. The zero-order valence-corrected chi connectivity index (χ0v) is 11.3. The number of aromatic nitrogens is 4. The van der Waals surface area contributed by atoms with Crippen LogP contribution in [0.1, 0.15) is 19.8 Å². The Hall–Kier alpha value is -2.43. The maximum Gasteiger partial charge on any atom is 0.327 e. The summed E-state index contributed by atoms with van der Waals surface area (Å²) in [5.41, 5.74) is 3.45. The molecule has 0 radical (unpaired) electrons. The van der Waals surface area contributed by atoms with E-state index in [1.807, 2.05) is 18.2 Å². The minimum absolute atomic E-state index is 0.0900. The van der Waals surface area contributed by atoms with Gasteiger partial charge in [0.1, 0.15) is 0 Å². The van der Waals surface area contributed by atoms with Crippen LogP contribution in [0, 0.1) is 0 Å². The summed E-state index contributed by atoms with van der Waals surface area (Å²) < 4.78 is 1.76. The summed E-state index contributed by atoms with van der Waals surface area (Å²) in [5.74, 6) is 0. The van der Waals surface area contributed by atoms with Crippen molar-refractivity contribution in [1.82, 2.24) is 19.5 Å². The number of unbranched alkanes of at least 4 members (excludes halogenated alkanes) is 1. The molecule has 0 spiro atoms. The third-order valence-corrected chi connectivity index (χ3v) is 3.38. The summed E-state index contributed by atoms with van der Waals surface area (Å²) in [5, 5.41) is 0. The molecule has 3 heterocycles. The Morgan fingerprint density at radius 2 is 2.05 bits per heavy atom. The summed E-state index contributed by atoms with van der Waals surface area (Å²) in [6, 6.07) is 5.87. The molecule has 1 N–H and O–H groups in total. The van der Waals surface area contributed by atoms with Gasteiger partial charge in [0.25, 0.3) is 0 Å². The molecule has 0 aliphatic carbocycles. The molecule has 3 aromatic heterocycles. The Labute approximate surface area is 116 Å². The van der Waals surface area contributed by atoms with Crippen molar-refractivity contribution in [2.24, 2.45) is 0 Å². The van der Waals surface area contributed by atoms with Crippen molar-refractivity contribution in [2.45, 2.75) is 26.3 Å². The lowest BCUT2D eigenvalue weighted by Crippen LogP contribution is -2.16. The molecule has 102 valence electrons. The molecule has 5 heteroatoms. The van der Waals surface area contributed by atoms with E-state index in [-0.39, 0.29) is 5.69 Å². The Balaban J connectivity index is 2.12. The lowest BCUT2D eigenvalue weighted by molar-refractivity contribution is 0.629. The Morgan fingerprint density at radius 1 is 1.25 bits per heavy atom. The van der Waals surface area contributed by atoms with E-state index in [4.69, 9.17) is 0 Å². The lowest BCUT2D eigenvalue weighted by Gasteiger charge is -2.04. The quantitative estimate of drug-likeness (QED) is 0.791. The van der Waals surface area contributed by atoms with Gasteiger partial charge in [0.15, 0.2) is 5.65 Å². The van der Waals surface area contributed by atoms with Crippen LogP contribution in [-0.4, -0.2) is 19.5 Å². The average molecular weight is 268 g/mol. The minimum Gasteiger partial charge on any atom is -0.290 e. The first-order valence-electron chi connectivity index (χ1n) is 6.78. The van der Waals surface area contributed by atoms with E-state index in [0.717, 1.165) is 36.0 Å². The van der Waals surface area contributed by atoms with Crippen LogP contribution >= 0.6 is 0 Å². The van der Waals surface area contributed by atoms with Crippen LogP contribution in [0.4, 0.5) is 0 Å². The molecular weight excluding hydrogens is 252 g/mol. The maximum absolute atomic E-state index is 11.9. The van der Waals surface area contributed by atoms with Gasteiger partial charge < -0.3 is 0 Å². The second-order valence-corrected chi connectivity index (χ2v) is 4.76. The molecule has 20 heavy (non-hydrogen) atoms. The van der Waals surface area contributed by atoms with Crippen LogP contribution < -0.4 is 5.69 Å². The van der Waals surface area contributed by atoms with Crippen molar-refractivity contribution in [3.63, 3.8) is 0 Å². The van der Waals surface area contributed by atoms with Crippen LogP contribution in [0.25, 0.3) is 22.3 Å². The van der Waals surface area contributed by atoms with E-state index >= 15 is 0 Å². The molecule has 3 rings (SSSR count). The number of fused-ring (bicyclic) bond motifs is 1. The zero-order chi connectivity index (χ0) is 13.9. The van der Waals surface area contributed by atoms with Crippen molar-refractivity contribution in [2.75, 3.05) is 0 Å². The number of H-pyrrole nitrogens is 1. The average Bonchev–Trinajstić information content (AvgIpc) is 2.80. The fourth-order valence-electron chi connectivity index (χ4n) is 2.27. The molecule has 3 aromatic rings. The van der Waals surface area contributed by atoms with Crippen molar-refractivity contribution in [3.8, 4) is 11.1 Å². The fraction of sp³-hybridized carbons (Fsp3) is 0.267. The fourth-order valence-corrected chi connectivity index (χ4v) is 2.27. The van der Waals surface area contributed by atoms with Gasteiger partial charge in [-0.25, -0.2) is 9.78 Å². The highest BCUT2D eigenvalue weighted by atomic mass is 16.1. The van der Waals surface area contributed by atoms with Gasteiger partial charge in [0.2, 0.25) is 0 Å². The van der Waals surface area contributed by atoms with E-state index in [1.54, 1.807) is 23.2 Å². The topological polar surface area (TPSA) is 63.6 Å². The first-order valence-corrected chi connectivity index (χ1v) is 6.78. The molecule has 0 bridgehead atoms. The number of aromatic amines is 1. The largest absolute Gasteiger partial charge is 0.327 e. The first-order chi connectivity index (χ1) is 9.79. The van der Waals surface area contributed by atoms with Gasteiger partial charge in [-0.1, -0.05) is 13.3 Å². The molecule has 5 nitrogen and oxygen atoms in total. The van der Waals surface area contributed by atoms with Gasteiger partial charge in [-0.05, 0) is 30.2 Å². The van der Waals surface area contributed by atoms with E-state index in [2.05, 4.69) is 21.9 Å². The van der Waals surface area contributed by atoms with Gasteiger partial charge in [-0.15, -0.1) is 0 Å². The van der Waals surface area contributed by atoms with E-state index in [1.165, 1.54) is 0 Å². The van der Waals surface area contributed by atoms with Gasteiger partial charge in [0, 0.05) is 30.7 Å². The summed E-state index contributed by atoms with van der Waals surface area (Å²) in [6.45, 7) is 2.83. The number of imidazole rings is 1. The second kappa shape index (κ2) is 5.28. The van der Waals surface area contributed by atoms with Crippen LogP contribution in [0.2, 0.25) is 0 Å². The van der Waals surface area contributed by atoms with Crippen LogP contribution in [-0.2, 0) is 6.54 Å². The standard InChI is InChI=1S/C15H16N4O/c1-2-3-8-19-13-9-12(11-4-6-16-7-5-11)10-17-14(13)18-15(19)20/h4-7,9-10H,2-3,8H2,1H3,(H,17,18,20). The number of hydrogen-bond donors (Lipinski definition) is 1. The van der Waals surface area contributed by atoms with E-state index < -0.39 is 0 Å². The number of pyridine rings is 2. The predicted molar refractivity (Wildman–Crippen MR) is 78.5 cm³/mol. The van der Waals surface area contributed by atoms with E-state index in [9.17, 15) is 4.79 Å². The minimum atomic E-state index is -0.0900. The molecule has 0 aromatic carbocycles. The van der Waals surface area contributed by atoms with Crippen molar-refractivity contribution < 1.29 is 0 Å². The zero-order valence-electron chi connectivity index (χ0n) is 11.3. The molecule has 0 amide bonds. The Kier molecular flexibility index (Phi) is 3.33. The third-order valence-electron chi connectivity index (χ3n) is 3.38. The van der Waals surface area contributed by atoms with Gasteiger partial charge in [0.05, 0.1) is 5.52 Å². The van der Waals surface area contributed by atoms with Crippen LogP contribution in [0.5, 0.6) is 0 Å². The molecule has 0 atom stereocenters. The molecule has 0 saturated heterocycles. The van der Waals surface area contributed by atoms with Gasteiger partial charge >= 0.3 is 5.69 Å². The monoisotopic (exact) mass is 268 g/mol.